The zero-order valence-electron chi connectivity index (χ0n) is 17.1. The summed E-state index contributed by atoms with van der Waals surface area (Å²) in [5, 5.41) is 14.7. The van der Waals surface area contributed by atoms with E-state index < -0.39 is 5.91 Å². The number of hydrogen-bond donors (Lipinski definition) is 3. The smallest absolute Gasteiger partial charge is 0.254 e. The van der Waals surface area contributed by atoms with Crippen molar-refractivity contribution in [3.8, 4) is 17.1 Å². The average Bonchev–Trinajstić information content (AvgIpc) is 3.35. The van der Waals surface area contributed by atoms with Crippen LogP contribution >= 0.6 is 0 Å². The van der Waals surface area contributed by atoms with Gasteiger partial charge in [0, 0.05) is 32.6 Å². The highest BCUT2D eigenvalue weighted by atomic mass is 16.5. The number of methoxy groups -OCH3 is 1. The second-order valence-corrected chi connectivity index (χ2v) is 6.57. The first kappa shape index (κ1) is 19.8. The highest BCUT2D eigenvalue weighted by Gasteiger charge is 2.18. The van der Waals surface area contributed by atoms with Gasteiger partial charge in [0.1, 0.15) is 17.7 Å². The van der Waals surface area contributed by atoms with Crippen LogP contribution < -0.4 is 21.1 Å². The minimum atomic E-state index is -0.673. The van der Waals surface area contributed by atoms with E-state index in [0.717, 1.165) is 0 Å². The highest BCUT2D eigenvalue weighted by Crippen LogP contribution is 2.36. The Labute approximate surface area is 177 Å². The number of amides is 1. The number of nitrogens with two attached hydrogens (primary N) is 1. The van der Waals surface area contributed by atoms with Gasteiger partial charge in [0.15, 0.2) is 17.4 Å². The zero-order valence-corrected chi connectivity index (χ0v) is 17.1. The molecule has 3 heterocycles. The van der Waals surface area contributed by atoms with Crippen molar-refractivity contribution in [2.45, 2.75) is 0 Å². The molecule has 0 saturated heterocycles. The molecule has 3 aromatic heterocycles. The molecule has 0 aliphatic carbocycles. The van der Waals surface area contributed by atoms with E-state index in [4.69, 9.17) is 10.5 Å². The van der Waals surface area contributed by atoms with E-state index in [1.807, 2.05) is 12.1 Å². The molecule has 0 radical (unpaired) electrons. The summed E-state index contributed by atoms with van der Waals surface area (Å²) in [5.74, 6) is 1.33. The van der Waals surface area contributed by atoms with Gasteiger partial charge < -0.3 is 21.1 Å². The van der Waals surface area contributed by atoms with E-state index in [-0.39, 0.29) is 17.3 Å². The van der Waals surface area contributed by atoms with Gasteiger partial charge >= 0.3 is 0 Å². The van der Waals surface area contributed by atoms with Crippen LogP contribution in [0.2, 0.25) is 0 Å². The van der Waals surface area contributed by atoms with Crippen molar-refractivity contribution in [1.29, 1.82) is 0 Å². The summed E-state index contributed by atoms with van der Waals surface area (Å²) in [7, 11) is 5.11. The Kier molecular flexibility index (Phi) is 5.18. The molecule has 1 amide bonds. The summed E-state index contributed by atoms with van der Waals surface area (Å²) < 4.78 is 8.84. The number of nitrogens with zero attached hydrogens (tertiary/aromatic N) is 7. The first-order valence-electron chi connectivity index (χ1n) is 9.18. The molecule has 0 fully saturated rings. The second kappa shape index (κ2) is 8.10. The molecule has 1 aromatic carbocycles. The topological polar surface area (TPSA) is 151 Å². The Bertz CT molecular complexity index is 1250. The van der Waals surface area contributed by atoms with Gasteiger partial charge in [-0.25, -0.2) is 9.97 Å². The number of para-hydroxylation sites is 1. The fourth-order valence-corrected chi connectivity index (χ4v) is 2.94. The lowest BCUT2D eigenvalue weighted by atomic mass is 10.1. The van der Waals surface area contributed by atoms with Gasteiger partial charge in [0.05, 0.1) is 18.4 Å². The number of hydrogen-bond acceptors (Lipinski definition) is 9. The molecule has 4 aromatic rings. The van der Waals surface area contributed by atoms with Crippen molar-refractivity contribution < 1.29 is 9.53 Å². The molecule has 4 rings (SSSR count). The van der Waals surface area contributed by atoms with Gasteiger partial charge in [-0.05, 0) is 12.1 Å². The molecule has 158 valence electrons. The van der Waals surface area contributed by atoms with E-state index in [2.05, 4.69) is 35.8 Å². The van der Waals surface area contributed by atoms with Crippen LogP contribution in [0.3, 0.4) is 0 Å². The number of benzene rings is 1. The van der Waals surface area contributed by atoms with Gasteiger partial charge in [-0.3, -0.25) is 14.2 Å². The normalized spacial score (nSPS) is 10.7. The lowest BCUT2D eigenvalue weighted by molar-refractivity contribution is 0.100. The maximum atomic E-state index is 11.9. The summed E-state index contributed by atoms with van der Waals surface area (Å²) in [4.78, 5) is 24.8. The average molecular weight is 420 g/mol. The third-order valence-corrected chi connectivity index (χ3v) is 4.32. The van der Waals surface area contributed by atoms with E-state index in [1.54, 1.807) is 48.1 Å². The Hall–Kier alpha value is -4.48. The van der Waals surface area contributed by atoms with Gasteiger partial charge in [0.25, 0.3) is 5.91 Å². The highest BCUT2D eigenvalue weighted by molar-refractivity contribution is 5.98. The predicted molar refractivity (Wildman–Crippen MR) is 113 cm³/mol. The Balaban J connectivity index is 1.72. The van der Waals surface area contributed by atoms with Gasteiger partial charge in [-0.15, -0.1) is 0 Å². The van der Waals surface area contributed by atoms with Crippen LogP contribution in [-0.4, -0.2) is 47.5 Å². The number of nitrogens with one attached hydrogen (secondary N) is 2. The lowest BCUT2D eigenvalue weighted by Gasteiger charge is -2.15. The third kappa shape index (κ3) is 4.12. The minimum absolute atomic E-state index is 0.120. The monoisotopic (exact) mass is 420 g/mol. The predicted octanol–water partition coefficient (Wildman–Crippen LogP) is 1.60. The van der Waals surface area contributed by atoms with E-state index in [9.17, 15) is 4.79 Å². The number of primary amides is 1. The zero-order chi connectivity index (χ0) is 22.0. The molecule has 31 heavy (non-hydrogen) atoms. The lowest BCUT2D eigenvalue weighted by Crippen LogP contribution is -2.16. The Morgan fingerprint density at radius 1 is 1.10 bits per heavy atom. The van der Waals surface area contributed by atoms with Gasteiger partial charge in [-0.2, -0.15) is 15.2 Å². The van der Waals surface area contributed by atoms with Crippen LogP contribution in [0.4, 0.5) is 23.3 Å². The summed E-state index contributed by atoms with van der Waals surface area (Å²) in [5.41, 5.74) is 6.87. The van der Waals surface area contributed by atoms with Crippen LogP contribution in [0, 0.1) is 0 Å². The quantitative estimate of drug-likeness (QED) is 0.405. The molecule has 0 unspecified atom stereocenters. The van der Waals surface area contributed by atoms with Crippen molar-refractivity contribution in [1.82, 2.24) is 34.5 Å². The van der Waals surface area contributed by atoms with Crippen LogP contribution in [0.15, 0.2) is 43.0 Å². The number of ether oxygens (including phenoxy) is 1. The molecule has 0 aliphatic heterocycles. The van der Waals surface area contributed by atoms with Crippen LogP contribution in [0.1, 0.15) is 10.4 Å². The van der Waals surface area contributed by atoms with Gasteiger partial charge in [-0.1, -0.05) is 6.07 Å². The standard InChI is InChI=1S/C19H20N10O2/c1-28-8-7-14(26-28)24-19-21-9-12(16(20)30)18(25-19)23-13-6-4-5-11(15(13)31-3)17-22-10-29(2)27-17/h4-10H,1-3H3,(H2,20,30)(H2,21,23,24,25,26). The number of carbonyl (C=O) groups excluding carboxylic acids is 1. The van der Waals surface area contributed by atoms with E-state index in [1.165, 1.54) is 13.3 Å². The molecule has 12 heteroatoms. The molecular formula is C19H20N10O2. The van der Waals surface area contributed by atoms with E-state index in [0.29, 0.717) is 28.6 Å². The molecule has 4 N–H and O–H groups in total. The third-order valence-electron chi connectivity index (χ3n) is 4.32. The summed E-state index contributed by atoms with van der Waals surface area (Å²) in [6.45, 7) is 0. The molecule has 0 aliphatic rings. The first-order chi connectivity index (χ1) is 14.9. The molecular weight excluding hydrogens is 400 g/mol. The van der Waals surface area contributed by atoms with Crippen LogP contribution in [0.25, 0.3) is 11.4 Å². The van der Waals surface area contributed by atoms with Crippen molar-refractivity contribution in [2.75, 3.05) is 17.7 Å². The van der Waals surface area contributed by atoms with Crippen LogP contribution in [-0.2, 0) is 14.1 Å². The van der Waals surface area contributed by atoms with Crippen molar-refractivity contribution in [3.63, 3.8) is 0 Å². The number of anilines is 4. The fourth-order valence-electron chi connectivity index (χ4n) is 2.94. The maximum absolute atomic E-state index is 11.9. The summed E-state index contributed by atoms with van der Waals surface area (Å²) >= 11 is 0. The maximum Gasteiger partial charge on any atom is 0.254 e. The summed E-state index contributed by atoms with van der Waals surface area (Å²) in [6.07, 6.45) is 4.72. The summed E-state index contributed by atoms with van der Waals surface area (Å²) in [6, 6.07) is 7.20. The van der Waals surface area contributed by atoms with Crippen LogP contribution in [0.5, 0.6) is 5.75 Å². The molecule has 0 bridgehead atoms. The van der Waals surface area contributed by atoms with Gasteiger partial charge in [0.2, 0.25) is 5.95 Å². The Morgan fingerprint density at radius 3 is 2.58 bits per heavy atom. The molecule has 0 spiro atoms. The molecule has 0 atom stereocenters. The largest absolute Gasteiger partial charge is 0.494 e. The number of carbonyl (C=O) groups is 1. The van der Waals surface area contributed by atoms with E-state index >= 15 is 0 Å². The molecule has 12 nitrogen and oxygen atoms in total. The fraction of sp³-hybridized carbons (Fsp3) is 0.158. The Morgan fingerprint density at radius 2 is 1.94 bits per heavy atom. The number of aromatic nitrogens is 7. The number of rotatable bonds is 7. The van der Waals surface area contributed by atoms with Crippen molar-refractivity contribution in [3.05, 3.63) is 48.5 Å². The number of aryl methyl sites for hydroxylation is 2. The minimum Gasteiger partial charge on any atom is -0.494 e. The molecule has 0 saturated carbocycles. The van der Waals surface area contributed by atoms with Crippen molar-refractivity contribution >= 4 is 29.2 Å². The first-order valence-corrected chi connectivity index (χ1v) is 9.18. The second-order valence-electron chi connectivity index (χ2n) is 6.57. The SMILES string of the molecule is COc1c(Nc2nc(Nc3ccn(C)n3)ncc2C(N)=O)cccc1-c1ncn(C)n1. The van der Waals surface area contributed by atoms with Crippen molar-refractivity contribution in [2.24, 2.45) is 19.8 Å².